The molecule has 0 amide bonds. The van der Waals surface area contributed by atoms with Crippen molar-refractivity contribution >= 4 is 9.84 Å². The molecule has 0 aromatic rings. The van der Waals surface area contributed by atoms with Crippen LogP contribution >= 0.6 is 0 Å². The molecule has 0 aromatic carbocycles. The Hall–Kier alpha value is -0.130. The van der Waals surface area contributed by atoms with E-state index in [2.05, 4.69) is 17.1 Å². The van der Waals surface area contributed by atoms with Gasteiger partial charge in [0.2, 0.25) is 0 Å². The predicted molar refractivity (Wildman–Crippen MR) is 72.1 cm³/mol. The van der Waals surface area contributed by atoms with Gasteiger partial charge in [-0.1, -0.05) is 6.92 Å². The van der Waals surface area contributed by atoms with Gasteiger partial charge >= 0.3 is 0 Å². The minimum absolute atomic E-state index is 0.139. The van der Waals surface area contributed by atoms with Crippen LogP contribution in [-0.2, 0) is 9.84 Å². The molecule has 0 aromatic heterocycles. The molecule has 4 nitrogen and oxygen atoms in total. The van der Waals surface area contributed by atoms with Crippen molar-refractivity contribution in [1.29, 1.82) is 0 Å². The van der Waals surface area contributed by atoms with Crippen LogP contribution in [0.4, 0.5) is 0 Å². The molecule has 5 heteroatoms. The van der Waals surface area contributed by atoms with Crippen LogP contribution in [-0.4, -0.2) is 57.0 Å². The summed E-state index contributed by atoms with van der Waals surface area (Å²) in [5.74, 6) is 0.275. The molecule has 0 bridgehead atoms. The van der Waals surface area contributed by atoms with Crippen molar-refractivity contribution in [3.63, 3.8) is 0 Å². The predicted octanol–water partition coefficient (Wildman–Crippen LogP) is 0.884. The van der Waals surface area contributed by atoms with E-state index in [9.17, 15) is 8.42 Å². The van der Waals surface area contributed by atoms with Crippen LogP contribution in [0.1, 0.15) is 33.1 Å². The summed E-state index contributed by atoms with van der Waals surface area (Å²) in [7, 11) is -2.87. The van der Waals surface area contributed by atoms with Crippen molar-refractivity contribution in [1.82, 2.24) is 10.2 Å². The molecule has 0 radical (unpaired) electrons. The van der Waals surface area contributed by atoms with Crippen LogP contribution < -0.4 is 5.32 Å². The fourth-order valence-electron chi connectivity index (χ4n) is 2.46. The molecule has 102 valence electrons. The molecule has 1 aliphatic heterocycles. The Morgan fingerprint density at radius 3 is 2.71 bits per heavy atom. The van der Waals surface area contributed by atoms with E-state index >= 15 is 0 Å². The quantitative estimate of drug-likeness (QED) is 0.817. The zero-order valence-electron chi connectivity index (χ0n) is 11.3. The number of nitrogens with zero attached hydrogens (tertiary/aromatic N) is 1. The Kier molecular flexibility index (Phi) is 5.89. The molecule has 1 rings (SSSR count). The summed E-state index contributed by atoms with van der Waals surface area (Å²) in [6, 6.07) is 0.726. The Labute approximate surface area is 106 Å². The summed E-state index contributed by atoms with van der Waals surface area (Å²) in [5.41, 5.74) is 0. The number of nitrogens with one attached hydrogen (secondary N) is 1. The number of hydrogen-bond acceptors (Lipinski definition) is 4. The minimum Gasteiger partial charge on any atom is -0.314 e. The first kappa shape index (κ1) is 14.9. The van der Waals surface area contributed by atoms with Gasteiger partial charge in [-0.2, -0.15) is 0 Å². The molecule has 1 aliphatic rings. The summed E-state index contributed by atoms with van der Waals surface area (Å²) >= 11 is 0. The monoisotopic (exact) mass is 262 g/mol. The summed E-state index contributed by atoms with van der Waals surface area (Å²) in [6.07, 6.45) is 4.69. The maximum atomic E-state index is 11.3. The van der Waals surface area contributed by atoms with E-state index < -0.39 is 9.84 Å². The minimum atomic E-state index is -2.87. The standard InChI is InChI=1S/C12H26N2O2S/c1-4-12-6-9-14(8-5-7-13-12)11(2)10-17(3,15)16/h11-13H,4-10H2,1-3H3. The van der Waals surface area contributed by atoms with E-state index in [1.54, 1.807) is 0 Å². The van der Waals surface area contributed by atoms with Gasteiger partial charge < -0.3 is 5.32 Å². The lowest BCUT2D eigenvalue weighted by Gasteiger charge is -2.32. The lowest BCUT2D eigenvalue weighted by Crippen LogP contribution is -2.45. The SMILES string of the molecule is CCC1CCN(C(C)CS(C)(=O)=O)CCCN1. The molecular weight excluding hydrogens is 236 g/mol. The Balaban J connectivity index is 2.51. The average Bonchev–Trinajstić information content (AvgIpc) is 2.14. The van der Waals surface area contributed by atoms with Gasteiger partial charge in [0.05, 0.1) is 5.75 Å². The molecule has 0 saturated carbocycles. The summed E-state index contributed by atoms with van der Waals surface area (Å²) < 4.78 is 22.6. The van der Waals surface area contributed by atoms with Gasteiger partial charge in [-0.15, -0.1) is 0 Å². The normalized spacial score (nSPS) is 26.2. The third-order valence-corrected chi connectivity index (χ3v) is 4.57. The molecule has 1 heterocycles. The van der Waals surface area contributed by atoms with E-state index in [0.29, 0.717) is 6.04 Å². The van der Waals surface area contributed by atoms with Gasteiger partial charge in [0.1, 0.15) is 9.84 Å². The number of hydrogen-bond donors (Lipinski definition) is 1. The first-order valence-electron chi connectivity index (χ1n) is 6.57. The van der Waals surface area contributed by atoms with Gasteiger partial charge in [-0.05, 0) is 45.8 Å². The van der Waals surface area contributed by atoms with Crippen LogP contribution in [0.5, 0.6) is 0 Å². The second kappa shape index (κ2) is 6.71. The molecule has 1 fully saturated rings. The van der Waals surface area contributed by atoms with E-state index in [1.807, 2.05) is 6.92 Å². The maximum absolute atomic E-state index is 11.3. The van der Waals surface area contributed by atoms with Crippen LogP contribution in [0.3, 0.4) is 0 Å². The average molecular weight is 262 g/mol. The highest BCUT2D eigenvalue weighted by atomic mass is 32.2. The molecule has 1 N–H and O–H groups in total. The molecule has 1 saturated heterocycles. The largest absolute Gasteiger partial charge is 0.314 e. The third-order valence-electron chi connectivity index (χ3n) is 3.48. The summed E-state index contributed by atoms with van der Waals surface area (Å²) in [6.45, 7) is 7.27. The smallest absolute Gasteiger partial charge is 0.148 e. The third kappa shape index (κ3) is 5.84. The lowest BCUT2D eigenvalue weighted by atomic mass is 10.1. The van der Waals surface area contributed by atoms with Crippen LogP contribution in [0.2, 0.25) is 0 Å². The van der Waals surface area contributed by atoms with Crippen molar-refractivity contribution in [3.05, 3.63) is 0 Å². The summed E-state index contributed by atoms with van der Waals surface area (Å²) in [5, 5.41) is 3.53. The Bertz CT molecular complexity index is 316. The maximum Gasteiger partial charge on any atom is 0.148 e. The molecule has 2 unspecified atom stereocenters. The highest BCUT2D eigenvalue weighted by Gasteiger charge is 2.20. The second-order valence-corrected chi connectivity index (χ2v) is 7.36. The second-order valence-electron chi connectivity index (χ2n) is 5.18. The van der Waals surface area contributed by atoms with Crippen molar-refractivity contribution in [2.24, 2.45) is 0 Å². The molecule has 17 heavy (non-hydrogen) atoms. The zero-order chi connectivity index (χ0) is 12.9. The Morgan fingerprint density at radius 2 is 2.12 bits per heavy atom. The van der Waals surface area contributed by atoms with Crippen molar-refractivity contribution in [2.75, 3.05) is 31.6 Å². The summed E-state index contributed by atoms with van der Waals surface area (Å²) in [4.78, 5) is 2.32. The number of rotatable bonds is 4. The van der Waals surface area contributed by atoms with Gasteiger partial charge in [-0.25, -0.2) is 8.42 Å². The Morgan fingerprint density at radius 1 is 1.41 bits per heavy atom. The van der Waals surface area contributed by atoms with Gasteiger partial charge in [-0.3, -0.25) is 4.90 Å². The fourth-order valence-corrected chi connectivity index (χ4v) is 3.54. The van der Waals surface area contributed by atoms with Crippen molar-refractivity contribution < 1.29 is 8.42 Å². The van der Waals surface area contributed by atoms with E-state index in [4.69, 9.17) is 0 Å². The fraction of sp³-hybridized carbons (Fsp3) is 1.00. The van der Waals surface area contributed by atoms with Crippen molar-refractivity contribution in [3.8, 4) is 0 Å². The van der Waals surface area contributed by atoms with Gasteiger partial charge in [0.25, 0.3) is 0 Å². The zero-order valence-corrected chi connectivity index (χ0v) is 12.1. The molecular formula is C12H26N2O2S. The van der Waals surface area contributed by atoms with Crippen LogP contribution in [0.25, 0.3) is 0 Å². The van der Waals surface area contributed by atoms with Gasteiger partial charge in [0.15, 0.2) is 0 Å². The van der Waals surface area contributed by atoms with E-state index in [1.165, 1.54) is 6.26 Å². The molecule has 0 aliphatic carbocycles. The molecule has 2 atom stereocenters. The van der Waals surface area contributed by atoms with Crippen molar-refractivity contribution in [2.45, 2.75) is 45.2 Å². The van der Waals surface area contributed by atoms with Gasteiger partial charge in [0, 0.05) is 18.3 Å². The van der Waals surface area contributed by atoms with E-state index in [0.717, 1.165) is 38.9 Å². The first-order valence-corrected chi connectivity index (χ1v) is 8.63. The lowest BCUT2D eigenvalue weighted by molar-refractivity contribution is 0.192. The molecule has 0 spiro atoms. The topological polar surface area (TPSA) is 49.4 Å². The highest BCUT2D eigenvalue weighted by Crippen LogP contribution is 2.10. The number of sulfone groups is 1. The highest BCUT2D eigenvalue weighted by molar-refractivity contribution is 7.90. The van der Waals surface area contributed by atoms with Crippen LogP contribution in [0, 0.1) is 0 Å². The van der Waals surface area contributed by atoms with Crippen LogP contribution in [0.15, 0.2) is 0 Å². The first-order chi connectivity index (χ1) is 7.92. The van der Waals surface area contributed by atoms with E-state index in [-0.39, 0.29) is 11.8 Å².